The van der Waals surface area contributed by atoms with E-state index < -0.39 is 6.10 Å². The van der Waals surface area contributed by atoms with Crippen LogP contribution in [-0.2, 0) is 0 Å². The van der Waals surface area contributed by atoms with E-state index >= 15 is 0 Å². The van der Waals surface area contributed by atoms with Gasteiger partial charge in [0.05, 0.1) is 15.0 Å². The first kappa shape index (κ1) is 18.8. The van der Waals surface area contributed by atoms with E-state index in [0.717, 1.165) is 30.7 Å². The molecule has 1 N–H and O–H groups in total. The van der Waals surface area contributed by atoms with Crippen molar-refractivity contribution in [3.05, 3.63) is 25.6 Å². The SMILES string of the molecule is CCCCCSCC(O)COc1c(Br)cc(Br)cc1Br. The zero-order valence-electron chi connectivity index (χ0n) is 11.4. The van der Waals surface area contributed by atoms with Crippen molar-refractivity contribution in [3.63, 3.8) is 0 Å². The average molecular weight is 491 g/mol. The van der Waals surface area contributed by atoms with E-state index in [1.54, 1.807) is 11.8 Å². The van der Waals surface area contributed by atoms with Crippen molar-refractivity contribution in [2.75, 3.05) is 18.1 Å². The summed E-state index contributed by atoms with van der Waals surface area (Å²) in [5.74, 6) is 2.55. The Kier molecular flexibility index (Phi) is 9.87. The second-order valence-corrected chi connectivity index (χ2v) is 8.22. The lowest BCUT2D eigenvalue weighted by atomic mass is 10.3. The largest absolute Gasteiger partial charge is 0.488 e. The molecule has 0 aliphatic rings. The van der Waals surface area contributed by atoms with Crippen LogP contribution in [0.25, 0.3) is 0 Å². The van der Waals surface area contributed by atoms with Gasteiger partial charge in [-0.2, -0.15) is 11.8 Å². The van der Waals surface area contributed by atoms with Gasteiger partial charge in [-0.1, -0.05) is 35.7 Å². The third kappa shape index (κ3) is 7.16. The molecule has 20 heavy (non-hydrogen) atoms. The molecule has 1 aromatic carbocycles. The van der Waals surface area contributed by atoms with Crippen molar-refractivity contribution in [1.29, 1.82) is 0 Å². The topological polar surface area (TPSA) is 29.5 Å². The lowest BCUT2D eigenvalue weighted by Gasteiger charge is -2.14. The number of halogens is 3. The first-order chi connectivity index (χ1) is 9.54. The molecular formula is C14H19Br3O2S. The summed E-state index contributed by atoms with van der Waals surface area (Å²) in [6, 6.07) is 3.85. The highest BCUT2D eigenvalue weighted by atomic mass is 79.9. The summed E-state index contributed by atoms with van der Waals surface area (Å²) in [6.07, 6.45) is 3.28. The second-order valence-electron chi connectivity index (χ2n) is 4.45. The molecular weight excluding hydrogens is 472 g/mol. The second kappa shape index (κ2) is 10.5. The smallest absolute Gasteiger partial charge is 0.147 e. The molecule has 0 spiro atoms. The van der Waals surface area contributed by atoms with Crippen molar-refractivity contribution in [1.82, 2.24) is 0 Å². The van der Waals surface area contributed by atoms with Crippen LogP contribution in [0, 0.1) is 0 Å². The number of aliphatic hydroxyl groups is 1. The molecule has 0 radical (unpaired) electrons. The highest BCUT2D eigenvalue weighted by molar-refractivity contribution is 9.11. The van der Waals surface area contributed by atoms with E-state index in [4.69, 9.17) is 4.74 Å². The molecule has 0 aliphatic carbocycles. The van der Waals surface area contributed by atoms with Crippen LogP contribution in [0.4, 0.5) is 0 Å². The fourth-order valence-corrected chi connectivity index (χ4v) is 5.00. The lowest BCUT2D eigenvalue weighted by Crippen LogP contribution is -2.20. The quantitative estimate of drug-likeness (QED) is 0.454. The molecule has 0 saturated heterocycles. The standard InChI is InChI=1S/C14H19Br3O2S/c1-2-3-4-5-20-9-11(18)8-19-14-12(16)6-10(15)7-13(14)17/h6-7,11,18H,2-5,8-9H2,1H3. The maximum atomic E-state index is 9.92. The summed E-state index contributed by atoms with van der Waals surface area (Å²) in [5.41, 5.74) is 0. The van der Waals surface area contributed by atoms with Gasteiger partial charge in [0.15, 0.2) is 0 Å². The third-order valence-electron chi connectivity index (χ3n) is 2.59. The zero-order valence-corrected chi connectivity index (χ0v) is 16.9. The highest BCUT2D eigenvalue weighted by Crippen LogP contribution is 2.36. The Morgan fingerprint density at radius 1 is 1.20 bits per heavy atom. The van der Waals surface area contributed by atoms with Crippen LogP contribution in [0.15, 0.2) is 25.6 Å². The van der Waals surface area contributed by atoms with Gasteiger partial charge >= 0.3 is 0 Å². The molecule has 6 heteroatoms. The molecule has 0 aromatic heterocycles. The van der Waals surface area contributed by atoms with Gasteiger partial charge in [0.2, 0.25) is 0 Å². The minimum atomic E-state index is -0.441. The maximum absolute atomic E-state index is 9.92. The van der Waals surface area contributed by atoms with Gasteiger partial charge in [0, 0.05) is 10.2 Å². The molecule has 0 bridgehead atoms. The van der Waals surface area contributed by atoms with E-state index in [1.165, 1.54) is 19.3 Å². The predicted octanol–water partition coefficient (Wildman–Crippen LogP) is 5.64. The summed E-state index contributed by atoms with van der Waals surface area (Å²) in [4.78, 5) is 0. The van der Waals surface area contributed by atoms with Crippen LogP contribution in [-0.4, -0.2) is 29.3 Å². The number of hydrogen-bond acceptors (Lipinski definition) is 3. The molecule has 1 rings (SSSR count). The number of ether oxygens (including phenoxy) is 1. The maximum Gasteiger partial charge on any atom is 0.147 e. The Hall–Kier alpha value is 0.770. The Morgan fingerprint density at radius 2 is 1.85 bits per heavy atom. The number of unbranched alkanes of at least 4 members (excludes halogenated alkanes) is 2. The van der Waals surface area contributed by atoms with E-state index in [2.05, 4.69) is 54.7 Å². The summed E-state index contributed by atoms with van der Waals surface area (Å²) in [7, 11) is 0. The van der Waals surface area contributed by atoms with Crippen LogP contribution < -0.4 is 4.74 Å². The van der Waals surface area contributed by atoms with Crippen molar-refractivity contribution in [3.8, 4) is 5.75 Å². The number of hydrogen-bond donors (Lipinski definition) is 1. The number of benzene rings is 1. The fourth-order valence-electron chi connectivity index (χ4n) is 1.57. The first-order valence-corrected chi connectivity index (χ1v) is 10.1. The zero-order chi connectivity index (χ0) is 15.0. The van der Waals surface area contributed by atoms with Crippen LogP contribution in [0.5, 0.6) is 5.75 Å². The normalized spacial score (nSPS) is 12.4. The number of rotatable bonds is 9. The van der Waals surface area contributed by atoms with Gasteiger partial charge in [0.25, 0.3) is 0 Å². The van der Waals surface area contributed by atoms with Crippen LogP contribution in [0.1, 0.15) is 26.2 Å². The Morgan fingerprint density at radius 3 is 2.45 bits per heavy atom. The molecule has 0 aliphatic heterocycles. The molecule has 0 fully saturated rings. The monoisotopic (exact) mass is 488 g/mol. The molecule has 114 valence electrons. The van der Waals surface area contributed by atoms with E-state index in [1.807, 2.05) is 12.1 Å². The summed E-state index contributed by atoms with van der Waals surface area (Å²) >= 11 is 12.1. The Balaban J connectivity index is 2.32. The highest BCUT2D eigenvalue weighted by Gasteiger charge is 2.11. The van der Waals surface area contributed by atoms with E-state index in [9.17, 15) is 5.11 Å². The summed E-state index contributed by atoms with van der Waals surface area (Å²) < 4.78 is 8.38. The predicted molar refractivity (Wildman–Crippen MR) is 97.9 cm³/mol. The first-order valence-electron chi connectivity index (χ1n) is 6.57. The number of thioether (sulfide) groups is 1. The third-order valence-corrected chi connectivity index (χ3v) is 5.42. The van der Waals surface area contributed by atoms with Gasteiger partial charge < -0.3 is 9.84 Å². The molecule has 0 saturated carbocycles. The summed E-state index contributed by atoms with van der Waals surface area (Å²) in [6.45, 7) is 2.50. The lowest BCUT2D eigenvalue weighted by molar-refractivity contribution is 0.125. The summed E-state index contributed by atoms with van der Waals surface area (Å²) in [5, 5.41) is 9.92. The fraction of sp³-hybridized carbons (Fsp3) is 0.571. The van der Waals surface area contributed by atoms with Crippen molar-refractivity contribution >= 4 is 59.6 Å². The van der Waals surface area contributed by atoms with Gasteiger partial charge in [-0.3, -0.25) is 0 Å². The Bertz CT molecular complexity index is 392. The van der Waals surface area contributed by atoms with Gasteiger partial charge in [0.1, 0.15) is 12.4 Å². The van der Waals surface area contributed by atoms with Crippen molar-refractivity contribution < 1.29 is 9.84 Å². The van der Waals surface area contributed by atoms with Crippen LogP contribution in [0.3, 0.4) is 0 Å². The van der Waals surface area contributed by atoms with E-state index in [-0.39, 0.29) is 0 Å². The van der Waals surface area contributed by atoms with Crippen LogP contribution in [0.2, 0.25) is 0 Å². The van der Waals surface area contributed by atoms with Gasteiger partial charge in [-0.15, -0.1) is 0 Å². The molecule has 0 heterocycles. The molecule has 2 nitrogen and oxygen atoms in total. The Labute approximate surface area is 150 Å². The van der Waals surface area contributed by atoms with Gasteiger partial charge in [-0.05, 0) is 56.2 Å². The molecule has 1 aromatic rings. The molecule has 0 amide bonds. The molecule has 1 unspecified atom stereocenters. The van der Waals surface area contributed by atoms with Crippen LogP contribution >= 0.6 is 59.6 Å². The minimum Gasteiger partial charge on any atom is -0.488 e. The van der Waals surface area contributed by atoms with Crippen molar-refractivity contribution in [2.24, 2.45) is 0 Å². The average Bonchev–Trinajstić information content (AvgIpc) is 2.37. The van der Waals surface area contributed by atoms with E-state index in [0.29, 0.717) is 6.61 Å². The van der Waals surface area contributed by atoms with Crippen molar-refractivity contribution in [2.45, 2.75) is 32.3 Å². The van der Waals surface area contributed by atoms with Gasteiger partial charge in [-0.25, -0.2) is 0 Å². The molecule has 1 atom stereocenters. The minimum absolute atomic E-state index is 0.305. The number of aliphatic hydroxyl groups excluding tert-OH is 1.